The van der Waals surface area contributed by atoms with Crippen LogP contribution in [0.15, 0.2) is 36.4 Å². The predicted molar refractivity (Wildman–Crippen MR) is 134 cm³/mol. The first-order chi connectivity index (χ1) is 16.2. The molecule has 1 saturated heterocycles. The number of aliphatic carboxylic acids is 1. The molecule has 0 spiro atoms. The van der Waals surface area contributed by atoms with Gasteiger partial charge in [0.1, 0.15) is 5.82 Å². The molecule has 7 heteroatoms. The Morgan fingerprint density at radius 1 is 1.18 bits per heavy atom. The van der Waals surface area contributed by atoms with Crippen molar-refractivity contribution in [2.24, 2.45) is 0 Å². The Hall–Kier alpha value is -1.99. The number of benzene rings is 2. The number of β-amino-alcohol motifs (C(OH)–C–C–N with tert-alkyl or cyclic N) is 1. The molecule has 2 unspecified atom stereocenters. The van der Waals surface area contributed by atoms with Gasteiger partial charge >= 0.3 is 5.97 Å². The van der Waals surface area contributed by atoms with Crippen molar-refractivity contribution < 1.29 is 24.1 Å². The van der Waals surface area contributed by atoms with Crippen molar-refractivity contribution in [2.45, 2.75) is 65.1 Å². The molecule has 0 aliphatic carbocycles. The Balaban J connectivity index is 0.000000340. The van der Waals surface area contributed by atoms with E-state index in [9.17, 15) is 14.3 Å². The Labute approximate surface area is 207 Å². The molecule has 2 aromatic rings. The number of ether oxygens (including phenoxy) is 1. The highest BCUT2D eigenvalue weighted by Crippen LogP contribution is 2.24. The van der Waals surface area contributed by atoms with Crippen molar-refractivity contribution >= 4 is 17.6 Å². The van der Waals surface area contributed by atoms with Crippen LogP contribution in [0.1, 0.15) is 61.5 Å². The van der Waals surface area contributed by atoms with Crippen molar-refractivity contribution in [3.63, 3.8) is 0 Å². The molecule has 0 bridgehead atoms. The largest absolute Gasteiger partial charge is 0.481 e. The smallest absolute Gasteiger partial charge is 0.303 e. The van der Waals surface area contributed by atoms with Gasteiger partial charge in [-0.25, -0.2) is 4.39 Å². The molecule has 34 heavy (non-hydrogen) atoms. The SMILES string of the molecule is CC(OCC(O)CN1CCCC1)c1cc(F)ccc1CCC(=O)O.CCc1cc(C)ccc1Cl. The van der Waals surface area contributed by atoms with E-state index >= 15 is 0 Å². The molecule has 2 aromatic carbocycles. The maximum Gasteiger partial charge on any atom is 0.303 e. The van der Waals surface area contributed by atoms with E-state index in [4.69, 9.17) is 21.4 Å². The highest BCUT2D eigenvalue weighted by atomic mass is 35.5. The van der Waals surface area contributed by atoms with Crippen LogP contribution in [-0.2, 0) is 22.4 Å². The highest BCUT2D eigenvalue weighted by Gasteiger charge is 2.18. The number of nitrogens with zero attached hydrogens (tertiary/aromatic N) is 1. The van der Waals surface area contributed by atoms with Gasteiger partial charge in [0, 0.05) is 18.0 Å². The van der Waals surface area contributed by atoms with Crippen LogP contribution in [0.3, 0.4) is 0 Å². The van der Waals surface area contributed by atoms with Gasteiger partial charge in [-0.3, -0.25) is 4.79 Å². The topological polar surface area (TPSA) is 70.0 Å². The lowest BCUT2D eigenvalue weighted by Crippen LogP contribution is -2.33. The summed E-state index contributed by atoms with van der Waals surface area (Å²) in [4.78, 5) is 13.0. The van der Waals surface area contributed by atoms with E-state index in [0.717, 1.165) is 30.1 Å². The third kappa shape index (κ3) is 9.71. The molecule has 0 amide bonds. The van der Waals surface area contributed by atoms with Gasteiger partial charge in [0.2, 0.25) is 0 Å². The summed E-state index contributed by atoms with van der Waals surface area (Å²) in [6.45, 7) is 8.76. The van der Waals surface area contributed by atoms with Crippen LogP contribution >= 0.6 is 11.6 Å². The van der Waals surface area contributed by atoms with Gasteiger partial charge in [0.15, 0.2) is 0 Å². The number of carboxylic acid groups (broad SMARTS) is 1. The number of aryl methyl sites for hydroxylation is 3. The number of halogens is 2. The van der Waals surface area contributed by atoms with Crippen LogP contribution in [0.5, 0.6) is 0 Å². The molecule has 1 fully saturated rings. The molecule has 3 rings (SSSR count). The highest BCUT2D eigenvalue weighted by molar-refractivity contribution is 6.31. The maximum absolute atomic E-state index is 13.5. The first-order valence-electron chi connectivity index (χ1n) is 12.0. The third-order valence-electron chi connectivity index (χ3n) is 5.94. The molecule has 1 aliphatic rings. The number of carboxylic acids is 1. The van der Waals surface area contributed by atoms with E-state index in [2.05, 4.69) is 24.8 Å². The first kappa shape index (κ1) is 28.2. The second-order valence-electron chi connectivity index (χ2n) is 8.82. The zero-order valence-electron chi connectivity index (χ0n) is 20.4. The number of likely N-dealkylation sites (tertiary alicyclic amines) is 1. The van der Waals surface area contributed by atoms with Crippen LogP contribution in [0.2, 0.25) is 5.02 Å². The molecule has 5 nitrogen and oxygen atoms in total. The summed E-state index contributed by atoms with van der Waals surface area (Å²) >= 11 is 5.90. The standard InChI is InChI=1S/C18H26FNO4.C9H11Cl/c1-13(24-12-16(21)11-20-8-2-3-9-20)17-10-15(19)6-4-14(17)5-7-18(22)23;1-3-8-6-7(2)4-5-9(8)10/h4,6,10,13,16,21H,2-3,5,7-9,11-12H2,1H3,(H,22,23);4-6H,3H2,1-2H3. The second kappa shape index (κ2) is 14.4. The summed E-state index contributed by atoms with van der Waals surface area (Å²) in [6, 6.07) is 10.4. The molecule has 1 aliphatic heterocycles. The van der Waals surface area contributed by atoms with Crippen molar-refractivity contribution in [3.05, 3.63) is 69.5 Å². The molecule has 0 saturated carbocycles. The van der Waals surface area contributed by atoms with Crippen molar-refractivity contribution in [2.75, 3.05) is 26.2 Å². The second-order valence-corrected chi connectivity index (χ2v) is 9.23. The van der Waals surface area contributed by atoms with E-state index in [1.54, 1.807) is 13.0 Å². The predicted octanol–water partition coefficient (Wildman–Crippen LogP) is 5.59. The van der Waals surface area contributed by atoms with Crippen molar-refractivity contribution in [1.29, 1.82) is 0 Å². The Bertz CT molecular complexity index is 917. The van der Waals surface area contributed by atoms with Gasteiger partial charge in [0.05, 0.1) is 18.8 Å². The number of rotatable bonds is 10. The maximum atomic E-state index is 13.5. The number of hydrogen-bond donors (Lipinski definition) is 2. The van der Waals surface area contributed by atoms with E-state index in [1.807, 2.05) is 12.1 Å². The van der Waals surface area contributed by atoms with Crippen molar-refractivity contribution in [1.82, 2.24) is 4.90 Å². The van der Waals surface area contributed by atoms with Gasteiger partial charge in [0.25, 0.3) is 0 Å². The van der Waals surface area contributed by atoms with E-state index < -0.39 is 18.2 Å². The fourth-order valence-electron chi connectivity index (χ4n) is 4.05. The third-order valence-corrected chi connectivity index (χ3v) is 6.31. The minimum atomic E-state index is -0.889. The fraction of sp³-hybridized carbons (Fsp3) is 0.519. The normalized spacial score (nSPS) is 15.5. The molecule has 2 N–H and O–H groups in total. The monoisotopic (exact) mass is 493 g/mol. The van der Waals surface area contributed by atoms with Gasteiger partial charge < -0.3 is 19.8 Å². The van der Waals surface area contributed by atoms with Gasteiger partial charge in [-0.15, -0.1) is 0 Å². The van der Waals surface area contributed by atoms with Crippen LogP contribution in [0, 0.1) is 12.7 Å². The van der Waals surface area contributed by atoms with Crippen LogP contribution in [-0.4, -0.2) is 53.4 Å². The summed E-state index contributed by atoms with van der Waals surface area (Å²) in [5, 5.41) is 19.8. The number of carbonyl (C=O) groups is 1. The van der Waals surface area contributed by atoms with E-state index in [1.165, 1.54) is 36.1 Å². The van der Waals surface area contributed by atoms with Gasteiger partial charge in [-0.2, -0.15) is 0 Å². The fourth-order valence-corrected chi connectivity index (χ4v) is 4.30. The lowest BCUT2D eigenvalue weighted by molar-refractivity contribution is -0.136. The Morgan fingerprint density at radius 3 is 2.50 bits per heavy atom. The van der Waals surface area contributed by atoms with Crippen molar-refractivity contribution in [3.8, 4) is 0 Å². The summed E-state index contributed by atoms with van der Waals surface area (Å²) in [6.07, 6.45) is 2.68. The van der Waals surface area contributed by atoms with E-state index in [0.29, 0.717) is 18.5 Å². The Morgan fingerprint density at radius 2 is 1.88 bits per heavy atom. The zero-order valence-corrected chi connectivity index (χ0v) is 21.2. The van der Waals surface area contributed by atoms with Gasteiger partial charge in [-0.05, 0) is 87.5 Å². The minimum Gasteiger partial charge on any atom is -0.481 e. The molecular weight excluding hydrogens is 457 g/mol. The number of aliphatic hydroxyl groups is 1. The minimum absolute atomic E-state index is 0.0110. The molecular formula is C27H37ClFNO4. The van der Waals surface area contributed by atoms with Crippen LogP contribution in [0.25, 0.3) is 0 Å². The summed E-state index contributed by atoms with van der Waals surface area (Å²) in [5.41, 5.74) is 3.92. The molecule has 2 atom stereocenters. The lowest BCUT2D eigenvalue weighted by Gasteiger charge is -2.22. The molecule has 0 aromatic heterocycles. The first-order valence-corrected chi connectivity index (χ1v) is 12.3. The van der Waals surface area contributed by atoms with Crippen LogP contribution < -0.4 is 0 Å². The van der Waals surface area contributed by atoms with E-state index in [-0.39, 0.29) is 18.8 Å². The average Bonchev–Trinajstić information content (AvgIpc) is 3.31. The average molecular weight is 494 g/mol. The molecule has 188 valence electrons. The lowest BCUT2D eigenvalue weighted by atomic mass is 9.99. The zero-order chi connectivity index (χ0) is 25.1. The Kier molecular flexibility index (Phi) is 12.0. The summed E-state index contributed by atoms with van der Waals surface area (Å²) in [7, 11) is 0. The molecule has 1 heterocycles. The molecule has 0 radical (unpaired) electrons. The quantitative estimate of drug-likeness (QED) is 0.451. The van der Waals surface area contributed by atoms with Gasteiger partial charge in [-0.1, -0.05) is 42.3 Å². The summed E-state index contributed by atoms with van der Waals surface area (Å²) < 4.78 is 19.3. The number of aliphatic hydroxyl groups excluding tert-OH is 1. The summed E-state index contributed by atoms with van der Waals surface area (Å²) in [5.74, 6) is -1.27. The van der Waals surface area contributed by atoms with Crippen LogP contribution in [0.4, 0.5) is 4.39 Å². The number of hydrogen-bond acceptors (Lipinski definition) is 4.